The maximum absolute atomic E-state index is 11.6. The second-order valence-corrected chi connectivity index (χ2v) is 8.22. The van der Waals surface area contributed by atoms with E-state index in [0.29, 0.717) is 18.0 Å². The zero-order chi connectivity index (χ0) is 13.2. The van der Waals surface area contributed by atoms with Crippen molar-refractivity contribution in [3.63, 3.8) is 0 Å². The fourth-order valence-corrected chi connectivity index (χ4v) is 4.32. The van der Waals surface area contributed by atoms with E-state index in [-0.39, 0.29) is 5.25 Å². The van der Waals surface area contributed by atoms with Crippen molar-refractivity contribution in [1.82, 2.24) is 5.32 Å². The van der Waals surface area contributed by atoms with Gasteiger partial charge in [-0.1, -0.05) is 6.42 Å². The molecular weight excluding hydrogens is 250 g/mol. The summed E-state index contributed by atoms with van der Waals surface area (Å²) in [5.74, 6) is 0.587. The first kappa shape index (κ1) is 14.3. The highest BCUT2D eigenvalue weighted by molar-refractivity contribution is 7.91. The van der Waals surface area contributed by atoms with Crippen LogP contribution in [0.5, 0.6) is 0 Å². The van der Waals surface area contributed by atoms with Gasteiger partial charge in [0, 0.05) is 24.9 Å². The lowest BCUT2D eigenvalue weighted by atomic mass is 9.92. The molecule has 106 valence electrons. The Kier molecular flexibility index (Phi) is 4.67. The third-order valence-electron chi connectivity index (χ3n) is 4.40. The molecule has 4 nitrogen and oxygen atoms in total. The van der Waals surface area contributed by atoms with Crippen LogP contribution in [0.25, 0.3) is 0 Å². The van der Waals surface area contributed by atoms with Gasteiger partial charge in [-0.05, 0) is 38.5 Å². The molecule has 2 rings (SSSR count). The van der Waals surface area contributed by atoms with E-state index < -0.39 is 9.84 Å². The number of sulfone groups is 1. The summed E-state index contributed by atoms with van der Waals surface area (Å²) in [6, 6.07) is 0.782. The van der Waals surface area contributed by atoms with Crippen LogP contribution in [0.2, 0.25) is 0 Å². The molecule has 1 heterocycles. The van der Waals surface area contributed by atoms with Crippen LogP contribution < -0.4 is 5.32 Å². The maximum Gasteiger partial charge on any atom is 0.150 e. The standard InChI is InChI=1S/C13H25NO3S/c1-10(11-6-7-17-9-11)14-12-4-3-5-13(8-12)18(2,15)16/h10-14H,3-9H2,1-2H3. The average Bonchev–Trinajstić information content (AvgIpc) is 2.81. The van der Waals surface area contributed by atoms with Gasteiger partial charge in [-0.25, -0.2) is 8.42 Å². The zero-order valence-corrected chi connectivity index (χ0v) is 12.2. The van der Waals surface area contributed by atoms with Crippen LogP contribution in [0.15, 0.2) is 0 Å². The van der Waals surface area contributed by atoms with Gasteiger partial charge in [0.2, 0.25) is 0 Å². The molecule has 0 aromatic heterocycles. The Labute approximate surface area is 110 Å². The van der Waals surface area contributed by atoms with Crippen molar-refractivity contribution >= 4 is 9.84 Å². The van der Waals surface area contributed by atoms with Gasteiger partial charge in [0.15, 0.2) is 0 Å². The smallest absolute Gasteiger partial charge is 0.150 e. The molecule has 5 heteroatoms. The molecule has 1 aliphatic carbocycles. The highest BCUT2D eigenvalue weighted by Crippen LogP contribution is 2.25. The largest absolute Gasteiger partial charge is 0.381 e. The van der Waals surface area contributed by atoms with E-state index in [1.54, 1.807) is 0 Å². The monoisotopic (exact) mass is 275 g/mol. The molecule has 1 aliphatic heterocycles. The van der Waals surface area contributed by atoms with E-state index in [1.165, 1.54) is 6.26 Å². The third-order valence-corrected chi connectivity index (χ3v) is 6.04. The number of rotatable bonds is 4. The lowest BCUT2D eigenvalue weighted by Crippen LogP contribution is -2.45. The van der Waals surface area contributed by atoms with Gasteiger partial charge < -0.3 is 10.1 Å². The quantitative estimate of drug-likeness (QED) is 0.841. The van der Waals surface area contributed by atoms with E-state index in [1.807, 2.05) is 0 Å². The summed E-state index contributed by atoms with van der Waals surface area (Å²) in [6.07, 6.45) is 6.21. The first-order valence-electron chi connectivity index (χ1n) is 6.99. The maximum atomic E-state index is 11.6. The molecule has 0 aromatic carbocycles. The van der Waals surface area contributed by atoms with Gasteiger partial charge in [-0.2, -0.15) is 0 Å². The first-order valence-corrected chi connectivity index (χ1v) is 8.95. The SMILES string of the molecule is CC(NC1CCCC(S(C)(=O)=O)C1)C1CCOC1. The summed E-state index contributed by atoms with van der Waals surface area (Å²) >= 11 is 0. The van der Waals surface area contributed by atoms with Crippen molar-refractivity contribution in [1.29, 1.82) is 0 Å². The molecule has 0 aromatic rings. The summed E-state index contributed by atoms with van der Waals surface area (Å²) < 4.78 is 28.7. The fourth-order valence-electron chi connectivity index (χ4n) is 3.14. The van der Waals surface area contributed by atoms with Crippen LogP contribution in [-0.2, 0) is 14.6 Å². The Balaban J connectivity index is 1.85. The van der Waals surface area contributed by atoms with Crippen LogP contribution >= 0.6 is 0 Å². The minimum atomic E-state index is -2.88. The van der Waals surface area contributed by atoms with Crippen molar-refractivity contribution in [2.45, 2.75) is 56.4 Å². The highest BCUT2D eigenvalue weighted by Gasteiger charge is 2.31. The van der Waals surface area contributed by atoms with E-state index in [4.69, 9.17) is 4.74 Å². The zero-order valence-electron chi connectivity index (χ0n) is 11.4. The summed E-state index contributed by atoms with van der Waals surface area (Å²) in [5, 5.41) is 3.48. The Morgan fingerprint density at radius 1 is 1.28 bits per heavy atom. The van der Waals surface area contributed by atoms with Gasteiger partial charge in [0.05, 0.1) is 11.9 Å². The number of ether oxygens (including phenoxy) is 1. The molecule has 2 fully saturated rings. The normalized spacial score (nSPS) is 35.6. The Bertz CT molecular complexity index is 362. The van der Waals surface area contributed by atoms with E-state index >= 15 is 0 Å². The van der Waals surface area contributed by atoms with Gasteiger partial charge in [0.1, 0.15) is 9.84 Å². The minimum Gasteiger partial charge on any atom is -0.381 e. The molecule has 1 N–H and O–H groups in total. The molecule has 0 bridgehead atoms. The molecule has 0 amide bonds. The topological polar surface area (TPSA) is 55.4 Å². The minimum absolute atomic E-state index is 0.143. The van der Waals surface area contributed by atoms with E-state index in [0.717, 1.165) is 45.3 Å². The Morgan fingerprint density at radius 2 is 2.06 bits per heavy atom. The lowest BCUT2D eigenvalue weighted by molar-refractivity contribution is 0.174. The van der Waals surface area contributed by atoms with Crippen molar-refractivity contribution in [3.8, 4) is 0 Å². The summed E-state index contributed by atoms with van der Waals surface area (Å²) in [6.45, 7) is 3.91. The summed E-state index contributed by atoms with van der Waals surface area (Å²) in [4.78, 5) is 0. The van der Waals surface area contributed by atoms with Crippen molar-refractivity contribution < 1.29 is 13.2 Å². The second-order valence-electron chi connectivity index (χ2n) is 5.89. The van der Waals surface area contributed by atoms with E-state index in [9.17, 15) is 8.42 Å². The van der Waals surface area contributed by atoms with Gasteiger partial charge in [-0.15, -0.1) is 0 Å². The highest BCUT2D eigenvalue weighted by atomic mass is 32.2. The van der Waals surface area contributed by atoms with Crippen LogP contribution in [0.4, 0.5) is 0 Å². The lowest BCUT2D eigenvalue weighted by Gasteiger charge is -2.32. The van der Waals surface area contributed by atoms with Gasteiger partial charge >= 0.3 is 0 Å². The van der Waals surface area contributed by atoms with Crippen molar-refractivity contribution in [3.05, 3.63) is 0 Å². The molecule has 18 heavy (non-hydrogen) atoms. The van der Waals surface area contributed by atoms with Crippen LogP contribution in [0, 0.1) is 5.92 Å². The predicted octanol–water partition coefficient (Wildman–Crippen LogP) is 1.36. The van der Waals surface area contributed by atoms with Gasteiger partial charge in [-0.3, -0.25) is 0 Å². The third kappa shape index (κ3) is 3.68. The Hall–Kier alpha value is -0.130. The summed E-state index contributed by atoms with van der Waals surface area (Å²) in [7, 11) is -2.88. The summed E-state index contributed by atoms with van der Waals surface area (Å²) in [5.41, 5.74) is 0. The first-order chi connectivity index (χ1) is 8.47. The predicted molar refractivity (Wildman–Crippen MR) is 72.4 cm³/mol. The van der Waals surface area contributed by atoms with Crippen LogP contribution in [0.3, 0.4) is 0 Å². The fraction of sp³-hybridized carbons (Fsp3) is 1.00. The molecule has 4 unspecified atom stereocenters. The van der Waals surface area contributed by atoms with E-state index in [2.05, 4.69) is 12.2 Å². The average molecular weight is 275 g/mol. The molecule has 0 spiro atoms. The number of hydrogen-bond donors (Lipinski definition) is 1. The molecule has 4 atom stereocenters. The molecular formula is C13H25NO3S. The molecule has 2 aliphatic rings. The molecule has 1 saturated carbocycles. The number of nitrogens with one attached hydrogen (secondary N) is 1. The van der Waals surface area contributed by atoms with Crippen molar-refractivity contribution in [2.24, 2.45) is 5.92 Å². The Morgan fingerprint density at radius 3 is 2.67 bits per heavy atom. The molecule has 0 radical (unpaired) electrons. The van der Waals surface area contributed by atoms with Gasteiger partial charge in [0.25, 0.3) is 0 Å². The van der Waals surface area contributed by atoms with Crippen LogP contribution in [-0.4, -0.2) is 45.2 Å². The van der Waals surface area contributed by atoms with Crippen molar-refractivity contribution in [2.75, 3.05) is 19.5 Å². The molecule has 1 saturated heterocycles. The number of hydrogen-bond acceptors (Lipinski definition) is 4. The van der Waals surface area contributed by atoms with Crippen LogP contribution in [0.1, 0.15) is 39.0 Å². The second kappa shape index (κ2) is 5.88.